The Hall–Kier alpha value is -3.15. The molecule has 5 rings (SSSR count). The molecule has 6 heteroatoms. The van der Waals surface area contributed by atoms with Gasteiger partial charge in [-0.25, -0.2) is 0 Å². The van der Waals surface area contributed by atoms with Gasteiger partial charge in [0.2, 0.25) is 0 Å². The zero-order valence-electron chi connectivity index (χ0n) is 17.7. The number of nitrogens with one attached hydrogen (secondary N) is 2. The zero-order valence-corrected chi connectivity index (χ0v) is 17.7. The van der Waals surface area contributed by atoms with Crippen LogP contribution in [-0.4, -0.2) is 30.0 Å². The van der Waals surface area contributed by atoms with Crippen molar-refractivity contribution in [2.45, 2.75) is 44.1 Å². The first-order valence-corrected chi connectivity index (χ1v) is 11.1. The van der Waals surface area contributed by atoms with Gasteiger partial charge in [0, 0.05) is 25.2 Å². The smallest absolute Gasteiger partial charge is 0.263 e. The lowest BCUT2D eigenvalue weighted by Gasteiger charge is -2.15. The SMILES string of the molecule is CNC(=O)c1cc(C(=O)NCCC2CC2)cn(Cc2cccc3c2C=CC32CC2)c1=O. The van der Waals surface area contributed by atoms with Crippen LogP contribution in [0.1, 0.15) is 69.5 Å². The van der Waals surface area contributed by atoms with Crippen LogP contribution in [0.25, 0.3) is 6.08 Å². The highest BCUT2D eigenvalue weighted by molar-refractivity contribution is 5.99. The van der Waals surface area contributed by atoms with Gasteiger partial charge in [0.25, 0.3) is 17.4 Å². The average Bonchev–Trinajstić information content (AvgIpc) is 3.69. The fourth-order valence-corrected chi connectivity index (χ4v) is 4.54. The topological polar surface area (TPSA) is 80.2 Å². The highest BCUT2D eigenvalue weighted by Crippen LogP contribution is 2.54. The lowest BCUT2D eigenvalue weighted by Crippen LogP contribution is -2.34. The first kappa shape index (κ1) is 19.8. The van der Waals surface area contributed by atoms with E-state index < -0.39 is 11.5 Å². The summed E-state index contributed by atoms with van der Waals surface area (Å²) in [5, 5.41) is 5.44. The highest BCUT2D eigenvalue weighted by atomic mass is 16.2. The van der Waals surface area contributed by atoms with E-state index >= 15 is 0 Å². The number of carbonyl (C=O) groups excluding carboxylic acids is 2. The molecule has 0 atom stereocenters. The molecule has 1 aromatic carbocycles. The second-order valence-electron chi connectivity index (χ2n) is 9.01. The molecule has 31 heavy (non-hydrogen) atoms. The van der Waals surface area contributed by atoms with Crippen molar-refractivity contribution < 1.29 is 9.59 Å². The molecule has 2 saturated carbocycles. The Morgan fingerprint density at radius 1 is 1.19 bits per heavy atom. The fourth-order valence-electron chi connectivity index (χ4n) is 4.54. The van der Waals surface area contributed by atoms with Crippen molar-refractivity contribution in [1.29, 1.82) is 0 Å². The van der Waals surface area contributed by atoms with Crippen LogP contribution in [0.2, 0.25) is 0 Å². The normalized spacial score (nSPS) is 17.5. The molecule has 0 saturated heterocycles. The Bertz CT molecular complexity index is 1150. The Morgan fingerprint density at radius 2 is 2.00 bits per heavy atom. The molecule has 0 bridgehead atoms. The number of aromatic nitrogens is 1. The summed E-state index contributed by atoms with van der Waals surface area (Å²) in [5.74, 6) is -0.0187. The molecule has 3 aliphatic carbocycles. The van der Waals surface area contributed by atoms with Crippen LogP contribution in [0.4, 0.5) is 0 Å². The molecule has 2 N–H and O–H groups in total. The van der Waals surface area contributed by atoms with Gasteiger partial charge in [-0.05, 0) is 47.9 Å². The third-order valence-corrected chi connectivity index (χ3v) is 6.79. The number of fused-ring (bicyclic) bond motifs is 2. The van der Waals surface area contributed by atoms with Gasteiger partial charge in [-0.15, -0.1) is 0 Å². The molecule has 2 fully saturated rings. The van der Waals surface area contributed by atoms with Gasteiger partial charge < -0.3 is 15.2 Å². The zero-order chi connectivity index (χ0) is 21.6. The standard InChI is InChI=1S/C25H27N3O3/c1-26-23(30)20-13-18(22(29)27-12-8-16-5-6-16)15-28(24(20)31)14-17-3-2-4-21-19(17)7-9-25(21)10-11-25/h2-4,7,9,13,15-16H,5-6,8,10-12,14H2,1H3,(H,26,30)(H,27,29). The van der Waals surface area contributed by atoms with Gasteiger partial charge in [0.1, 0.15) is 5.56 Å². The number of hydrogen-bond donors (Lipinski definition) is 2. The van der Waals surface area contributed by atoms with Gasteiger partial charge in [-0.2, -0.15) is 0 Å². The van der Waals surface area contributed by atoms with E-state index in [2.05, 4.69) is 28.9 Å². The highest BCUT2D eigenvalue weighted by Gasteiger charge is 2.45. The lowest BCUT2D eigenvalue weighted by molar-refractivity contribution is 0.0952. The number of allylic oxidation sites excluding steroid dienone is 1. The van der Waals surface area contributed by atoms with Gasteiger partial charge in [-0.3, -0.25) is 14.4 Å². The van der Waals surface area contributed by atoms with Crippen LogP contribution in [0.15, 0.2) is 41.3 Å². The molecule has 1 spiro atoms. The summed E-state index contributed by atoms with van der Waals surface area (Å²) in [4.78, 5) is 38.1. The van der Waals surface area contributed by atoms with Crippen LogP contribution in [0.5, 0.6) is 0 Å². The number of hydrogen-bond acceptors (Lipinski definition) is 3. The molecule has 2 amide bonds. The van der Waals surface area contributed by atoms with Crippen molar-refractivity contribution in [2.24, 2.45) is 5.92 Å². The van der Waals surface area contributed by atoms with Gasteiger partial charge in [0.05, 0.1) is 12.1 Å². The van der Waals surface area contributed by atoms with Gasteiger partial charge in [0.15, 0.2) is 0 Å². The molecule has 0 aliphatic heterocycles. The number of carbonyl (C=O) groups is 2. The molecule has 160 valence electrons. The first-order chi connectivity index (χ1) is 15.0. The molecule has 6 nitrogen and oxygen atoms in total. The minimum absolute atomic E-state index is 0.0147. The van der Waals surface area contributed by atoms with Crippen molar-refractivity contribution >= 4 is 17.9 Å². The fraction of sp³-hybridized carbons (Fsp3) is 0.400. The van der Waals surface area contributed by atoms with E-state index in [0.717, 1.165) is 36.3 Å². The molecule has 1 aromatic heterocycles. The third-order valence-electron chi connectivity index (χ3n) is 6.79. The van der Waals surface area contributed by atoms with E-state index in [0.29, 0.717) is 18.7 Å². The summed E-state index contributed by atoms with van der Waals surface area (Å²) >= 11 is 0. The number of nitrogens with zero attached hydrogens (tertiary/aromatic N) is 1. The van der Waals surface area contributed by atoms with Crippen LogP contribution in [0, 0.1) is 5.92 Å². The summed E-state index contributed by atoms with van der Waals surface area (Å²) in [6.45, 7) is 0.923. The van der Waals surface area contributed by atoms with Crippen LogP contribution >= 0.6 is 0 Å². The van der Waals surface area contributed by atoms with E-state index in [9.17, 15) is 14.4 Å². The molecule has 0 radical (unpaired) electrons. The minimum Gasteiger partial charge on any atom is -0.355 e. The Morgan fingerprint density at radius 3 is 2.71 bits per heavy atom. The quantitative estimate of drug-likeness (QED) is 0.727. The first-order valence-electron chi connectivity index (χ1n) is 11.1. The van der Waals surface area contributed by atoms with Crippen molar-refractivity contribution in [3.8, 4) is 0 Å². The molecule has 3 aliphatic rings. The predicted octanol–water partition coefficient (Wildman–Crippen LogP) is 2.84. The molecular formula is C25H27N3O3. The number of rotatable bonds is 7. The minimum atomic E-state index is -0.485. The Labute approximate surface area is 181 Å². The van der Waals surface area contributed by atoms with Crippen LogP contribution in [0.3, 0.4) is 0 Å². The van der Waals surface area contributed by atoms with Crippen molar-refractivity contribution in [2.75, 3.05) is 13.6 Å². The summed E-state index contributed by atoms with van der Waals surface area (Å²) < 4.78 is 1.49. The molecule has 0 unspecified atom stereocenters. The second kappa shape index (κ2) is 7.52. The summed E-state index contributed by atoms with van der Waals surface area (Å²) in [5.41, 5.74) is 3.61. The van der Waals surface area contributed by atoms with Crippen molar-refractivity contribution in [1.82, 2.24) is 15.2 Å². The summed E-state index contributed by atoms with van der Waals surface area (Å²) in [6.07, 6.45) is 11.8. The van der Waals surface area contributed by atoms with E-state index in [1.165, 1.54) is 36.1 Å². The number of amides is 2. The average molecular weight is 418 g/mol. The van der Waals surface area contributed by atoms with Crippen molar-refractivity contribution in [3.05, 3.63) is 74.7 Å². The number of benzene rings is 1. The molecular weight excluding hydrogens is 390 g/mol. The largest absolute Gasteiger partial charge is 0.355 e. The van der Waals surface area contributed by atoms with E-state index in [-0.39, 0.29) is 16.9 Å². The molecule has 1 heterocycles. The van der Waals surface area contributed by atoms with Crippen LogP contribution in [-0.2, 0) is 12.0 Å². The van der Waals surface area contributed by atoms with Crippen LogP contribution < -0.4 is 16.2 Å². The Balaban J connectivity index is 1.47. The Kier molecular flexibility index (Phi) is 4.80. The van der Waals surface area contributed by atoms with Gasteiger partial charge >= 0.3 is 0 Å². The maximum atomic E-state index is 13.1. The second-order valence-corrected chi connectivity index (χ2v) is 9.01. The maximum Gasteiger partial charge on any atom is 0.263 e. The number of pyridine rings is 1. The molecule has 2 aromatic rings. The van der Waals surface area contributed by atoms with E-state index in [1.54, 1.807) is 6.20 Å². The lowest BCUT2D eigenvalue weighted by atomic mass is 9.95. The maximum absolute atomic E-state index is 13.1. The van der Waals surface area contributed by atoms with Gasteiger partial charge in [-0.1, -0.05) is 43.2 Å². The van der Waals surface area contributed by atoms with E-state index in [1.807, 2.05) is 12.1 Å². The van der Waals surface area contributed by atoms with Crippen molar-refractivity contribution in [3.63, 3.8) is 0 Å². The predicted molar refractivity (Wildman–Crippen MR) is 119 cm³/mol. The summed E-state index contributed by atoms with van der Waals surface area (Å²) in [7, 11) is 1.48. The monoisotopic (exact) mass is 417 g/mol. The third kappa shape index (κ3) is 3.71. The summed E-state index contributed by atoms with van der Waals surface area (Å²) in [6, 6.07) is 7.60. The van der Waals surface area contributed by atoms with E-state index in [4.69, 9.17) is 0 Å².